The van der Waals surface area contributed by atoms with Gasteiger partial charge in [0.2, 0.25) is 5.95 Å². The number of allylic oxidation sites excluding steroid dienone is 2. The van der Waals surface area contributed by atoms with Crippen molar-refractivity contribution in [2.75, 3.05) is 5.32 Å². The van der Waals surface area contributed by atoms with E-state index in [0.29, 0.717) is 29.6 Å². The molecule has 2 aromatic heterocycles. The van der Waals surface area contributed by atoms with Gasteiger partial charge in [0.05, 0.1) is 6.26 Å². The van der Waals surface area contributed by atoms with Crippen LogP contribution in [-0.2, 0) is 4.79 Å². The molecule has 27 heavy (non-hydrogen) atoms. The molecular formula is C20H17ClN4O2. The number of furan rings is 1. The number of hydrogen-bond acceptors (Lipinski definition) is 5. The normalized spacial score (nSPS) is 21.6. The van der Waals surface area contributed by atoms with E-state index in [1.54, 1.807) is 10.9 Å². The van der Waals surface area contributed by atoms with Crippen molar-refractivity contribution >= 4 is 23.3 Å². The Hall–Kier alpha value is -2.86. The third-order valence-electron chi connectivity index (χ3n) is 5.14. The van der Waals surface area contributed by atoms with Crippen molar-refractivity contribution in [3.8, 4) is 0 Å². The van der Waals surface area contributed by atoms with Crippen LogP contribution in [0.25, 0.3) is 0 Å². The highest BCUT2D eigenvalue weighted by Gasteiger charge is 2.40. The fourth-order valence-corrected chi connectivity index (χ4v) is 4.23. The van der Waals surface area contributed by atoms with Gasteiger partial charge in [0.1, 0.15) is 17.6 Å². The highest BCUT2D eigenvalue weighted by molar-refractivity contribution is 6.30. The molecule has 1 N–H and O–H groups in total. The summed E-state index contributed by atoms with van der Waals surface area (Å²) < 4.78 is 7.33. The zero-order valence-electron chi connectivity index (χ0n) is 14.6. The molecule has 1 aliphatic carbocycles. The van der Waals surface area contributed by atoms with E-state index < -0.39 is 0 Å². The Morgan fingerprint density at radius 3 is 2.93 bits per heavy atom. The Balaban J connectivity index is 1.65. The van der Waals surface area contributed by atoms with Gasteiger partial charge in [-0.1, -0.05) is 23.7 Å². The van der Waals surface area contributed by atoms with E-state index in [2.05, 4.69) is 15.4 Å². The number of hydrogen-bond donors (Lipinski definition) is 1. The SMILES string of the molecule is Cc1nc2n(n1)[C@H](c1cccc(Cl)c1)C1=C(C[C@H](c3ccco3)CC1=O)N2. The molecule has 2 atom stereocenters. The molecule has 0 unspecified atom stereocenters. The molecule has 0 radical (unpaired) electrons. The molecule has 0 spiro atoms. The predicted molar refractivity (Wildman–Crippen MR) is 101 cm³/mol. The van der Waals surface area contributed by atoms with E-state index >= 15 is 0 Å². The van der Waals surface area contributed by atoms with Gasteiger partial charge in [0.15, 0.2) is 5.78 Å². The number of anilines is 1. The van der Waals surface area contributed by atoms with Gasteiger partial charge >= 0.3 is 0 Å². The van der Waals surface area contributed by atoms with Crippen LogP contribution in [0.4, 0.5) is 5.95 Å². The molecule has 0 fully saturated rings. The van der Waals surface area contributed by atoms with Crippen molar-refractivity contribution in [3.63, 3.8) is 0 Å². The van der Waals surface area contributed by atoms with Crippen molar-refractivity contribution < 1.29 is 9.21 Å². The first-order chi connectivity index (χ1) is 13.1. The first kappa shape index (κ1) is 16.3. The topological polar surface area (TPSA) is 73.0 Å². The third-order valence-corrected chi connectivity index (χ3v) is 5.37. The van der Waals surface area contributed by atoms with Crippen molar-refractivity contribution in [2.45, 2.75) is 31.7 Å². The van der Waals surface area contributed by atoms with Crippen molar-refractivity contribution in [1.82, 2.24) is 14.8 Å². The van der Waals surface area contributed by atoms with Crippen LogP contribution >= 0.6 is 11.6 Å². The van der Waals surface area contributed by atoms with Crippen LogP contribution in [0.1, 0.15) is 41.9 Å². The number of halogens is 1. The Labute approximate surface area is 160 Å². The number of nitrogens with zero attached hydrogens (tertiary/aromatic N) is 3. The van der Waals surface area contributed by atoms with Crippen molar-refractivity contribution in [1.29, 1.82) is 0 Å². The number of carbonyl (C=O) groups excluding carboxylic acids is 1. The lowest BCUT2D eigenvalue weighted by atomic mass is 9.79. The van der Waals surface area contributed by atoms with E-state index in [1.807, 2.05) is 43.3 Å². The average Bonchev–Trinajstić information content (AvgIpc) is 3.28. The first-order valence-corrected chi connectivity index (χ1v) is 9.23. The van der Waals surface area contributed by atoms with E-state index in [4.69, 9.17) is 16.0 Å². The summed E-state index contributed by atoms with van der Waals surface area (Å²) in [6.07, 6.45) is 2.75. The van der Waals surface area contributed by atoms with Crippen LogP contribution in [0.15, 0.2) is 58.3 Å². The van der Waals surface area contributed by atoms with Crippen LogP contribution < -0.4 is 5.32 Å². The first-order valence-electron chi connectivity index (χ1n) is 8.85. The van der Waals surface area contributed by atoms with Gasteiger partial charge in [-0.25, -0.2) is 4.68 Å². The highest BCUT2D eigenvalue weighted by Crippen LogP contribution is 2.44. The summed E-state index contributed by atoms with van der Waals surface area (Å²) in [6.45, 7) is 1.84. The Morgan fingerprint density at radius 2 is 2.15 bits per heavy atom. The van der Waals surface area contributed by atoms with Gasteiger partial charge in [-0.2, -0.15) is 10.1 Å². The van der Waals surface area contributed by atoms with Crippen LogP contribution in [0.3, 0.4) is 0 Å². The molecule has 3 heterocycles. The molecule has 1 aromatic carbocycles. The largest absolute Gasteiger partial charge is 0.469 e. The summed E-state index contributed by atoms with van der Waals surface area (Å²) >= 11 is 6.22. The van der Waals surface area contributed by atoms with Crippen LogP contribution in [0, 0.1) is 6.92 Å². The maximum atomic E-state index is 13.2. The second kappa shape index (κ2) is 6.09. The minimum absolute atomic E-state index is 0.0225. The molecule has 7 heteroatoms. The molecule has 0 saturated carbocycles. The minimum Gasteiger partial charge on any atom is -0.469 e. The number of rotatable bonds is 2. The van der Waals surface area contributed by atoms with Crippen LogP contribution in [0.5, 0.6) is 0 Å². The van der Waals surface area contributed by atoms with Crippen molar-refractivity contribution in [3.05, 3.63) is 76.1 Å². The Kier molecular flexibility index (Phi) is 3.68. The number of aromatic nitrogens is 3. The molecule has 5 rings (SSSR count). The maximum Gasteiger partial charge on any atom is 0.226 e. The summed E-state index contributed by atoms with van der Waals surface area (Å²) in [5, 5.41) is 8.49. The van der Waals surface area contributed by atoms with Gasteiger partial charge in [-0.05, 0) is 43.2 Å². The number of benzene rings is 1. The summed E-state index contributed by atoms with van der Waals surface area (Å²) in [4.78, 5) is 17.7. The van der Waals surface area contributed by atoms with Gasteiger partial charge in [0, 0.05) is 28.6 Å². The fraction of sp³-hybridized carbons (Fsp3) is 0.250. The molecule has 6 nitrogen and oxygen atoms in total. The van der Waals surface area contributed by atoms with E-state index in [0.717, 1.165) is 22.6 Å². The molecule has 0 bridgehead atoms. The maximum absolute atomic E-state index is 13.2. The van der Waals surface area contributed by atoms with E-state index in [-0.39, 0.29) is 17.7 Å². The summed E-state index contributed by atoms with van der Waals surface area (Å²) in [5.74, 6) is 2.24. The van der Waals surface area contributed by atoms with Gasteiger partial charge in [0.25, 0.3) is 0 Å². The molecule has 0 saturated heterocycles. The van der Waals surface area contributed by atoms with Gasteiger partial charge < -0.3 is 9.73 Å². The zero-order chi connectivity index (χ0) is 18.5. The standard InChI is InChI=1S/C20H17ClN4O2/c1-11-22-20-23-15-9-13(17-6-3-7-27-17)10-16(26)18(15)19(25(20)24-11)12-4-2-5-14(21)8-12/h2-8,13,19H,9-10H2,1H3,(H,22,23,24)/t13-,19+/m0/s1. The molecule has 0 amide bonds. The predicted octanol–water partition coefficient (Wildman–Crippen LogP) is 4.25. The Morgan fingerprint density at radius 1 is 1.26 bits per heavy atom. The number of aryl methyl sites for hydroxylation is 1. The summed E-state index contributed by atoms with van der Waals surface area (Å²) in [6, 6.07) is 11.0. The van der Waals surface area contributed by atoms with Gasteiger partial charge in [-0.15, -0.1) is 0 Å². The lowest BCUT2D eigenvalue weighted by Crippen LogP contribution is -2.33. The van der Waals surface area contributed by atoms with E-state index in [9.17, 15) is 4.79 Å². The molecular weight excluding hydrogens is 364 g/mol. The quantitative estimate of drug-likeness (QED) is 0.719. The summed E-state index contributed by atoms with van der Waals surface area (Å²) in [5.41, 5.74) is 2.54. The number of ketones is 1. The molecule has 1 aliphatic heterocycles. The smallest absolute Gasteiger partial charge is 0.226 e. The Bertz CT molecular complexity index is 1070. The molecule has 2 aliphatic rings. The monoisotopic (exact) mass is 380 g/mol. The second-order valence-electron chi connectivity index (χ2n) is 6.95. The van der Waals surface area contributed by atoms with Crippen LogP contribution in [-0.4, -0.2) is 20.5 Å². The fourth-order valence-electron chi connectivity index (χ4n) is 4.03. The summed E-state index contributed by atoms with van der Waals surface area (Å²) in [7, 11) is 0. The second-order valence-corrected chi connectivity index (χ2v) is 7.38. The lowest BCUT2D eigenvalue weighted by Gasteiger charge is -2.34. The molecule has 136 valence electrons. The zero-order valence-corrected chi connectivity index (χ0v) is 15.4. The van der Waals surface area contributed by atoms with Crippen LogP contribution in [0.2, 0.25) is 5.02 Å². The van der Waals surface area contributed by atoms with Gasteiger partial charge in [-0.3, -0.25) is 4.79 Å². The van der Waals surface area contributed by atoms with E-state index in [1.165, 1.54) is 0 Å². The third kappa shape index (κ3) is 2.68. The average molecular weight is 381 g/mol. The highest BCUT2D eigenvalue weighted by atomic mass is 35.5. The minimum atomic E-state index is -0.332. The molecule has 3 aromatic rings. The number of nitrogens with one attached hydrogen (secondary N) is 1. The number of fused-ring (bicyclic) bond motifs is 1. The number of carbonyl (C=O) groups is 1. The number of Topliss-reactive ketones (excluding diaryl/α,β-unsaturated/α-hetero) is 1. The van der Waals surface area contributed by atoms with Crippen molar-refractivity contribution in [2.24, 2.45) is 0 Å². The lowest BCUT2D eigenvalue weighted by molar-refractivity contribution is -0.117.